The van der Waals surface area contributed by atoms with Gasteiger partial charge < -0.3 is 5.73 Å². The third-order valence-corrected chi connectivity index (χ3v) is 1.91. The van der Waals surface area contributed by atoms with Crippen LogP contribution in [0.1, 0.15) is 11.4 Å². The van der Waals surface area contributed by atoms with Crippen LogP contribution in [-0.2, 0) is 0 Å². The highest BCUT2D eigenvalue weighted by atomic mass is 15.4. The van der Waals surface area contributed by atoms with Gasteiger partial charge in [0.15, 0.2) is 5.82 Å². The molecule has 68 valence electrons. The maximum Gasteiger partial charge on any atom is 0.198 e. The number of nitrogen functional groups attached to an aromatic ring is 1. The monoisotopic (exact) mass is 177 g/mol. The van der Waals surface area contributed by atoms with E-state index in [2.05, 4.69) is 15.3 Å². The standard InChI is InChI=1S/C8H11N5/c1-5-3-4-13(12-5)8-7(9)6(2)10-11-8/h3-4H,9H2,1-2H3,(H,10,11). The molecule has 5 heteroatoms. The zero-order chi connectivity index (χ0) is 9.42. The van der Waals surface area contributed by atoms with Gasteiger partial charge in [0.2, 0.25) is 0 Å². The molecule has 0 spiro atoms. The maximum atomic E-state index is 5.79. The minimum Gasteiger partial charge on any atom is -0.394 e. The fraction of sp³-hybridized carbons (Fsp3) is 0.250. The minimum absolute atomic E-state index is 0.642. The number of rotatable bonds is 1. The number of anilines is 1. The smallest absolute Gasteiger partial charge is 0.198 e. The Kier molecular flexibility index (Phi) is 1.58. The Hall–Kier alpha value is -1.78. The Balaban J connectivity index is 2.52. The van der Waals surface area contributed by atoms with Crippen LogP contribution in [0.15, 0.2) is 12.3 Å². The third kappa shape index (κ3) is 1.18. The van der Waals surface area contributed by atoms with E-state index < -0.39 is 0 Å². The van der Waals surface area contributed by atoms with Crippen LogP contribution in [0.5, 0.6) is 0 Å². The van der Waals surface area contributed by atoms with Gasteiger partial charge in [0.25, 0.3) is 0 Å². The molecule has 2 rings (SSSR count). The number of aromatic nitrogens is 4. The fourth-order valence-corrected chi connectivity index (χ4v) is 1.13. The largest absolute Gasteiger partial charge is 0.394 e. The second-order valence-electron chi connectivity index (χ2n) is 2.99. The molecule has 2 heterocycles. The highest BCUT2D eigenvalue weighted by Gasteiger charge is 2.08. The molecule has 13 heavy (non-hydrogen) atoms. The van der Waals surface area contributed by atoms with Crippen LogP contribution in [0.25, 0.3) is 5.82 Å². The van der Waals surface area contributed by atoms with Gasteiger partial charge in [-0.1, -0.05) is 0 Å². The van der Waals surface area contributed by atoms with Crippen LogP contribution in [0.4, 0.5) is 5.69 Å². The Morgan fingerprint density at radius 3 is 2.69 bits per heavy atom. The quantitative estimate of drug-likeness (QED) is 0.676. The van der Waals surface area contributed by atoms with Crippen molar-refractivity contribution in [2.75, 3.05) is 5.73 Å². The summed E-state index contributed by atoms with van der Waals surface area (Å²) in [5.74, 6) is 0.658. The number of nitrogens with two attached hydrogens (primary N) is 1. The molecule has 0 aromatic carbocycles. The van der Waals surface area contributed by atoms with Crippen molar-refractivity contribution in [2.45, 2.75) is 13.8 Å². The number of hydrogen-bond acceptors (Lipinski definition) is 3. The molecule has 0 bridgehead atoms. The van der Waals surface area contributed by atoms with Gasteiger partial charge in [0.1, 0.15) is 0 Å². The van der Waals surface area contributed by atoms with E-state index in [1.165, 1.54) is 0 Å². The van der Waals surface area contributed by atoms with Crippen molar-refractivity contribution in [3.8, 4) is 5.82 Å². The van der Waals surface area contributed by atoms with Crippen LogP contribution in [0.3, 0.4) is 0 Å². The molecule has 0 fully saturated rings. The maximum absolute atomic E-state index is 5.79. The molecule has 3 N–H and O–H groups in total. The van der Waals surface area contributed by atoms with Crippen LogP contribution in [-0.4, -0.2) is 20.0 Å². The number of aryl methyl sites for hydroxylation is 2. The van der Waals surface area contributed by atoms with Crippen molar-refractivity contribution >= 4 is 5.69 Å². The molecule has 2 aromatic heterocycles. The Bertz CT molecular complexity index is 425. The molecule has 0 amide bonds. The van der Waals surface area contributed by atoms with Crippen LogP contribution in [0, 0.1) is 13.8 Å². The van der Waals surface area contributed by atoms with Gasteiger partial charge in [-0.3, -0.25) is 5.10 Å². The molecule has 0 aliphatic carbocycles. The average molecular weight is 177 g/mol. The van der Waals surface area contributed by atoms with E-state index in [9.17, 15) is 0 Å². The van der Waals surface area contributed by atoms with E-state index in [1.54, 1.807) is 4.68 Å². The van der Waals surface area contributed by atoms with Crippen molar-refractivity contribution in [2.24, 2.45) is 0 Å². The van der Waals surface area contributed by atoms with Crippen molar-refractivity contribution < 1.29 is 0 Å². The average Bonchev–Trinajstić information content (AvgIpc) is 2.62. The third-order valence-electron chi connectivity index (χ3n) is 1.91. The number of hydrogen-bond donors (Lipinski definition) is 2. The normalized spacial score (nSPS) is 10.6. The first kappa shape index (κ1) is 7.85. The molecule has 0 aliphatic heterocycles. The summed E-state index contributed by atoms with van der Waals surface area (Å²) < 4.78 is 1.66. The van der Waals surface area contributed by atoms with E-state index in [4.69, 9.17) is 5.73 Å². The van der Waals surface area contributed by atoms with Gasteiger partial charge >= 0.3 is 0 Å². The molecule has 5 nitrogen and oxygen atoms in total. The van der Waals surface area contributed by atoms with Gasteiger partial charge in [0, 0.05) is 6.20 Å². The predicted octanol–water partition coefficient (Wildman–Crippen LogP) is 0.794. The van der Waals surface area contributed by atoms with E-state index in [-0.39, 0.29) is 0 Å². The SMILES string of the molecule is Cc1ccn(-c2n[nH]c(C)c2N)n1. The first-order valence-electron chi connectivity index (χ1n) is 4.01. The van der Waals surface area contributed by atoms with Crippen molar-refractivity contribution in [1.29, 1.82) is 0 Å². The van der Waals surface area contributed by atoms with Gasteiger partial charge in [-0.05, 0) is 19.9 Å². The van der Waals surface area contributed by atoms with Crippen LogP contribution < -0.4 is 5.73 Å². The summed E-state index contributed by atoms with van der Waals surface area (Å²) in [4.78, 5) is 0. The van der Waals surface area contributed by atoms with Crippen molar-refractivity contribution in [3.63, 3.8) is 0 Å². The molecule has 0 saturated heterocycles. The first-order chi connectivity index (χ1) is 6.18. The molecule has 0 unspecified atom stereocenters. The van der Waals surface area contributed by atoms with Crippen LogP contribution >= 0.6 is 0 Å². The number of nitrogens with one attached hydrogen (secondary N) is 1. The summed E-state index contributed by atoms with van der Waals surface area (Å²) >= 11 is 0. The van der Waals surface area contributed by atoms with Crippen molar-refractivity contribution in [3.05, 3.63) is 23.7 Å². The minimum atomic E-state index is 0.642. The summed E-state index contributed by atoms with van der Waals surface area (Å²) in [6, 6.07) is 1.91. The van der Waals surface area contributed by atoms with Gasteiger partial charge in [-0.2, -0.15) is 10.2 Å². The van der Waals surface area contributed by atoms with E-state index >= 15 is 0 Å². The molecular formula is C8H11N5. The Morgan fingerprint density at radius 2 is 2.23 bits per heavy atom. The number of H-pyrrole nitrogens is 1. The van der Waals surface area contributed by atoms with Crippen LogP contribution in [0.2, 0.25) is 0 Å². The Morgan fingerprint density at radius 1 is 1.46 bits per heavy atom. The number of nitrogens with zero attached hydrogens (tertiary/aromatic N) is 3. The molecule has 0 radical (unpaired) electrons. The highest BCUT2D eigenvalue weighted by molar-refractivity contribution is 5.55. The highest BCUT2D eigenvalue weighted by Crippen LogP contribution is 2.16. The fourth-order valence-electron chi connectivity index (χ4n) is 1.13. The lowest BCUT2D eigenvalue weighted by Crippen LogP contribution is -1.99. The summed E-state index contributed by atoms with van der Waals surface area (Å²) in [6.07, 6.45) is 1.83. The molecule has 0 atom stereocenters. The number of aromatic amines is 1. The molecular weight excluding hydrogens is 166 g/mol. The van der Waals surface area contributed by atoms with Crippen molar-refractivity contribution in [1.82, 2.24) is 20.0 Å². The Labute approximate surface area is 75.6 Å². The van der Waals surface area contributed by atoms with E-state index in [0.29, 0.717) is 11.5 Å². The topological polar surface area (TPSA) is 72.5 Å². The molecule has 2 aromatic rings. The lowest BCUT2D eigenvalue weighted by atomic mass is 10.4. The second kappa shape index (κ2) is 2.62. The summed E-state index contributed by atoms with van der Waals surface area (Å²) in [5.41, 5.74) is 8.24. The lowest BCUT2D eigenvalue weighted by Gasteiger charge is -1.96. The molecule has 0 saturated carbocycles. The zero-order valence-electron chi connectivity index (χ0n) is 7.57. The summed E-state index contributed by atoms with van der Waals surface area (Å²) in [5, 5.41) is 11.1. The molecule has 0 aliphatic rings. The summed E-state index contributed by atoms with van der Waals surface area (Å²) in [7, 11) is 0. The van der Waals surface area contributed by atoms with E-state index in [1.807, 2.05) is 26.1 Å². The van der Waals surface area contributed by atoms with Gasteiger partial charge in [0.05, 0.1) is 17.1 Å². The zero-order valence-corrected chi connectivity index (χ0v) is 7.57. The summed E-state index contributed by atoms with van der Waals surface area (Å²) in [6.45, 7) is 3.80. The van der Waals surface area contributed by atoms with Gasteiger partial charge in [-0.15, -0.1) is 0 Å². The van der Waals surface area contributed by atoms with Gasteiger partial charge in [-0.25, -0.2) is 4.68 Å². The second-order valence-corrected chi connectivity index (χ2v) is 2.99. The van der Waals surface area contributed by atoms with E-state index in [0.717, 1.165) is 11.4 Å². The first-order valence-corrected chi connectivity index (χ1v) is 4.01. The lowest BCUT2D eigenvalue weighted by molar-refractivity contribution is 0.824. The predicted molar refractivity (Wildman–Crippen MR) is 49.6 cm³/mol.